The van der Waals surface area contributed by atoms with Crippen LogP contribution in [-0.4, -0.2) is 47.2 Å². The molecule has 1 aliphatic rings. The topological polar surface area (TPSA) is 52.6 Å². The first kappa shape index (κ1) is 16.4. The lowest BCUT2D eigenvalue weighted by Gasteiger charge is -2.42. The Kier molecular flexibility index (Phi) is 5.81. The number of hydrogen-bond acceptors (Lipinski definition) is 3. The van der Waals surface area contributed by atoms with Crippen molar-refractivity contribution < 1.29 is 9.90 Å². The molecule has 1 fully saturated rings. The van der Waals surface area contributed by atoms with Crippen molar-refractivity contribution in [2.45, 2.75) is 59.0 Å². The Bertz CT molecular complexity index is 309. The maximum Gasteiger partial charge on any atom is 0.323 e. The van der Waals surface area contributed by atoms with Crippen LogP contribution in [0.25, 0.3) is 0 Å². The highest BCUT2D eigenvalue weighted by atomic mass is 16.4. The predicted molar refractivity (Wildman–Crippen MR) is 78.3 cm³/mol. The number of nitrogens with zero attached hydrogens (tertiary/aromatic N) is 1. The molecular formula is C15H30N2O2. The molecule has 1 rings (SSSR count). The maximum atomic E-state index is 11.4. The SMILES string of the molecule is CCNC(C)(CCN1CC(C)CC(C)C1C)C(=O)O. The number of nitrogens with one attached hydrogen (secondary N) is 1. The van der Waals surface area contributed by atoms with Crippen molar-refractivity contribution in [1.29, 1.82) is 0 Å². The fourth-order valence-electron chi connectivity index (χ4n) is 3.16. The molecule has 0 saturated carbocycles. The van der Waals surface area contributed by atoms with Gasteiger partial charge in [-0.3, -0.25) is 4.79 Å². The number of carbonyl (C=O) groups is 1. The van der Waals surface area contributed by atoms with E-state index < -0.39 is 11.5 Å². The first-order valence-electron chi connectivity index (χ1n) is 7.52. The largest absolute Gasteiger partial charge is 0.480 e. The van der Waals surface area contributed by atoms with E-state index in [1.54, 1.807) is 6.92 Å². The fourth-order valence-corrected chi connectivity index (χ4v) is 3.16. The van der Waals surface area contributed by atoms with Crippen LogP contribution in [0.1, 0.15) is 47.5 Å². The van der Waals surface area contributed by atoms with Crippen LogP contribution in [0.3, 0.4) is 0 Å². The van der Waals surface area contributed by atoms with Crippen LogP contribution < -0.4 is 5.32 Å². The lowest BCUT2D eigenvalue weighted by Crippen LogP contribution is -2.53. The molecule has 0 aromatic rings. The maximum absolute atomic E-state index is 11.4. The zero-order valence-corrected chi connectivity index (χ0v) is 13.1. The Hall–Kier alpha value is -0.610. The molecule has 4 nitrogen and oxygen atoms in total. The molecule has 2 N–H and O–H groups in total. The second kappa shape index (κ2) is 6.71. The van der Waals surface area contributed by atoms with Gasteiger partial charge in [0.05, 0.1) is 0 Å². The summed E-state index contributed by atoms with van der Waals surface area (Å²) in [5, 5.41) is 12.5. The zero-order chi connectivity index (χ0) is 14.6. The summed E-state index contributed by atoms with van der Waals surface area (Å²) in [5.41, 5.74) is -0.807. The molecule has 1 saturated heterocycles. The van der Waals surface area contributed by atoms with Gasteiger partial charge in [0.15, 0.2) is 0 Å². The van der Waals surface area contributed by atoms with Gasteiger partial charge in [-0.1, -0.05) is 20.8 Å². The van der Waals surface area contributed by atoms with Crippen molar-refractivity contribution in [2.24, 2.45) is 11.8 Å². The monoisotopic (exact) mass is 270 g/mol. The highest BCUT2D eigenvalue weighted by Gasteiger charge is 2.35. The number of carboxylic acids is 1. The minimum atomic E-state index is -0.807. The van der Waals surface area contributed by atoms with Crippen LogP contribution >= 0.6 is 0 Å². The van der Waals surface area contributed by atoms with Gasteiger partial charge < -0.3 is 15.3 Å². The number of rotatable bonds is 6. The highest BCUT2D eigenvalue weighted by molar-refractivity contribution is 5.78. The van der Waals surface area contributed by atoms with Gasteiger partial charge >= 0.3 is 5.97 Å². The number of aliphatic carboxylic acids is 1. The number of likely N-dealkylation sites (N-methyl/N-ethyl adjacent to an activating group) is 1. The van der Waals surface area contributed by atoms with Crippen LogP contribution in [0.4, 0.5) is 0 Å². The van der Waals surface area contributed by atoms with Crippen molar-refractivity contribution in [1.82, 2.24) is 10.2 Å². The van der Waals surface area contributed by atoms with E-state index in [1.807, 2.05) is 6.92 Å². The predicted octanol–water partition coefficient (Wildman–Crippen LogP) is 2.20. The van der Waals surface area contributed by atoms with Gasteiger partial charge in [-0.2, -0.15) is 0 Å². The molecule has 19 heavy (non-hydrogen) atoms. The van der Waals surface area contributed by atoms with E-state index in [9.17, 15) is 9.90 Å². The third-order valence-corrected chi connectivity index (χ3v) is 4.66. The summed E-state index contributed by atoms with van der Waals surface area (Å²) in [4.78, 5) is 13.9. The van der Waals surface area contributed by atoms with Crippen LogP contribution in [0, 0.1) is 11.8 Å². The first-order chi connectivity index (χ1) is 8.80. The van der Waals surface area contributed by atoms with Crippen molar-refractivity contribution >= 4 is 5.97 Å². The Morgan fingerprint density at radius 2 is 2.05 bits per heavy atom. The molecule has 1 heterocycles. The Labute approximate surface area is 117 Å². The Balaban J connectivity index is 2.60. The smallest absolute Gasteiger partial charge is 0.323 e. The number of hydrogen-bond donors (Lipinski definition) is 2. The van der Waals surface area contributed by atoms with Gasteiger partial charge in [-0.05, 0) is 45.1 Å². The molecule has 0 aliphatic carbocycles. The van der Waals surface area contributed by atoms with E-state index in [1.165, 1.54) is 6.42 Å². The highest BCUT2D eigenvalue weighted by Crippen LogP contribution is 2.27. The number of carboxylic acid groups (broad SMARTS) is 1. The molecule has 0 radical (unpaired) electrons. The van der Waals surface area contributed by atoms with E-state index in [2.05, 4.69) is 31.0 Å². The molecule has 0 aromatic heterocycles. The second-order valence-corrected chi connectivity index (χ2v) is 6.47. The summed E-state index contributed by atoms with van der Waals surface area (Å²) in [6.07, 6.45) is 1.93. The lowest BCUT2D eigenvalue weighted by molar-refractivity contribution is -0.144. The van der Waals surface area contributed by atoms with Crippen molar-refractivity contribution in [3.8, 4) is 0 Å². The summed E-state index contributed by atoms with van der Waals surface area (Å²) >= 11 is 0. The minimum absolute atomic E-state index is 0.552. The van der Waals surface area contributed by atoms with Crippen LogP contribution in [-0.2, 0) is 4.79 Å². The van der Waals surface area contributed by atoms with Gasteiger partial charge in [-0.15, -0.1) is 0 Å². The molecule has 0 spiro atoms. The van der Waals surface area contributed by atoms with E-state index in [-0.39, 0.29) is 0 Å². The average Bonchev–Trinajstić information content (AvgIpc) is 2.32. The Morgan fingerprint density at radius 1 is 1.42 bits per heavy atom. The molecule has 0 amide bonds. The number of piperidine rings is 1. The molecule has 0 bridgehead atoms. The van der Waals surface area contributed by atoms with E-state index in [0.717, 1.165) is 13.1 Å². The zero-order valence-electron chi connectivity index (χ0n) is 13.1. The van der Waals surface area contributed by atoms with Gasteiger partial charge in [-0.25, -0.2) is 0 Å². The minimum Gasteiger partial charge on any atom is -0.480 e. The summed E-state index contributed by atoms with van der Waals surface area (Å²) in [6.45, 7) is 13.2. The lowest BCUT2D eigenvalue weighted by atomic mass is 9.85. The van der Waals surface area contributed by atoms with E-state index >= 15 is 0 Å². The third-order valence-electron chi connectivity index (χ3n) is 4.66. The second-order valence-electron chi connectivity index (χ2n) is 6.47. The van der Waals surface area contributed by atoms with Crippen molar-refractivity contribution in [3.05, 3.63) is 0 Å². The van der Waals surface area contributed by atoms with Crippen LogP contribution in [0.2, 0.25) is 0 Å². The van der Waals surface area contributed by atoms with E-state index in [4.69, 9.17) is 0 Å². The molecule has 1 aliphatic heterocycles. The Morgan fingerprint density at radius 3 is 2.58 bits per heavy atom. The van der Waals surface area contributed by atoms with E-state index in [0.29, 0.717) is 30.8 Å². The first-order valence-corrected chi connectivity index (χ1v) is 7.52. The summed E-state index contributed by atoms with van der Waals surface area (Å²) in [7, 11) is 0. The molecular weight excluding hydrogens is 240 g/mol. The molecule has 112 valence electrons. The van der Waals surface area contributed by atoms with Gasteiger partial charge in [0, 0.05) is 19.1 Å². The van der Waals surface area contributed by atoms with Gasteiger partial charge in [0.2, 0.25) is 0 Å². The molecule has 4 unspecified atom stereocenters. The quantitative estimate of drug-likeness (QED) is 0.777. The summed E-state index contributed by atoms with van der Waals surface area (Å²) < 4.78 is 0. The standard InChI is InChI=1S/C15H30N2O2/c1-6-16-15(5,14(18)19)7-8-17-10-11(2)9-12(3)13(17)4/h11-13,16H,6-10H2,1-5H3,(H,18,19). The van der Waals surface area contributed by atoms with Crippen LogP contribution in [0.5, 0.6) is 0 Å². The summed E-state index contributed by atoms with van der Waals surface area (Å²) in [5.74, 6) is 0.653. The van der Waals surface area contributed by atoms with Crippen LogP contribution in [0.15, 0.2) is 0 Å². The van der Waals surface area contributed by atoms with Gasteiger partial charge in [0.1, 0.15) is 5.54 Å². The molecule has 4 heteroatoms. The fraction of sp³-hybridized carbons (Fsp3) is 0.933. The normalized spacial score (nSPS) is 31.9. The summed E-state index contributed by atoms with van der Waals surface area (Å²) in [6, 6.07) is 0.552. The van der Waals surface area contributed by atoms with Crippen molar-refractivity contribution in [3.63, 3.8) is 0 Å². The molecule has 0 aromatic carbocycles. The third kappa shape index (κ3) is 4.18. The average molecular weight is 270 g/mol. The van der Waals surface area contributed by atoms with Gasteiger partial charge in [0.25, 0.3) is 0 Å². The number of likely N-dealkylation sites (tertiary alicyclic amines) is 1. The van der Waals surface area contributed by atoms with Crippen molar-refractivity contribution in [2.75, 3.05) is 19.6 Å². The molecule has 4 atom stereocenters.